The fourth-order valence-corrected chi connectivity index (χ4v) is 4.09. The summed E-state index contributed by atoms with van der Waals surface area (Å²) in [6.07, 6.45) is 9.60. The Labute approximate surface area is 159 Å². The molecule has 0 unspecified atom stereocenters. The average Bonchev–Trinajstić information content (AvgIpc) is 3.01. The summed E-state index contributed by atoms with van der Waals surface area (Å²) in [5.41, 5.74) is 0. The average molecular weight is 454 g/mol. The van der Waals surface area contributed by atoms with Gasteiger partial charge in [-0.05, 0) is 26.2 Å². The molecular weight excluding hydrogens is 427 g/mol. The van der Waals surface area contributed by atoms with Crippen LogP contribution in [-0.4, -0.2) is 35.8 Å². The molecule has 1 aliphatic rings. The first kappa shape index (κ1) is 20.0. The summed E-state index contributed by atoms with van der Waals surface area (Å²) in [6.45, 7) is 3.92. The van der Waals surface area contributed by atoms with Crippen LogP contribution in [0.25, 0.3) is 0 Å². The maximum absolute atomic E-state index is 4.69. The summed E-state index contributed by atoms with van der Waals surface area (Å²) < 4.78 is 1.16. The molecule has 0 aromatic carbocycles. The molecule has 1 aromatic heterocycles. The number of hydrogen-bond acceptors (Lipinski definition) is 4. The number of thiazole rings is 1. The molecule has 7 heteroatoms. The molecule has 0 spiro atoms. The van der Waals surface area contributed by atoms with Crippen LogP contribution >= 0.6 is 47.1 Å². The molecule has 0 atom stereocenters. The third-order valence-corrected chi connectivity index (χ3v) is 5.55. The molecule has 0 radical (unpaired) electrons. The SMILES string of the molecule is CCNC(=NCCCSc1nccs1)NC1CCCCC1.I. The predicted molar refractivity (Wildman–Crippen MR) is 109 cm³/mol. The Balaban J connectivity index is 0.00000242. The van der Waals surface area contributed by atoms with Crippen molar-refractivity contribution in [1.29, 1.82) is 0 Å². The summed E-state index contributed by atoms with van der Waals surface area (Å²) in [5, 5.41) is 8.96. The van der Waals surface area contributed by atoms with Gasteiger partial charge in [0, 0.05) is 36.5 Å². The van der Waals surface area contributed by atoms with Crippen LogP contribution in [0.3, 0.4) is 0 Å². The number of aromatic nitrogens is 1. The highest BCUT2D eigenvalue weighted by molar-refractivity contribution is 14.0. The van der Waals surface area contributed by atoms with Gasteiger partial charge < -0.3 is 10.6 Å². The first-order chi connectivity index (χ1) is 10.4. The van der Waals surface area contributed by atoms with Crippen LogP contribution in [0.4, 0.5) is 0 Å². The Morgan fingerprint density at radius 1 is 1.41 bits per heavy atom. The van der Waals surface area contributed by atoms with E-state index in [0.717, 1.165) is 35.6 Å². The minimum absolute atomic E-state index is 0. The van der Waals surface area contributed by atoms with Gasteiger partial charge >= 0.3 is 0 Å². The topological polar surface area (TPSA) is 49.3 Å². The molecular formula is C15H27IN4S2. The van der Waals surface area contributed by atoms with E-state index in [0.29, 0.717) is 6.04 Å². The number of halogens is 1. The van der Waals surface area contributed by atoms with E-state index in [2.05, 4.69) is 22.5 Å². The third kappa shape index (κ3) is 8.01. The Kier molecular flexibility index (Phi) is 11.3. The highest BCUT2D eigenvalue weighted by Gasteiger charge is 2.14. The zero-order chi connectivity index (χ0) is 14.8. The molecule has 0 bridgehead atoms. The van der Waals surface area contributed by atoms with Crippen molar-refractivity contribution in [3.63, 3.8) is 0 Å². The van der Waals surface area contributed by atoms with E-state index in [1.807, 2.05) is 23.3 Å². The summed E-state index contributed by atoms with van der Waals surface area (Å²) in [5.74, 6) is 2.07. The molecule has 1 aromatic rings. The number of guanidine groups is 1. The molecule has 1 aliphatic carbocycles. The lowest BCUT2D eigenvalue weighted by molar-refractivity contribution is 0.410. The number of hydrogen-bond donors (Lipinski definition) is 2. The second-order valence-corrected chi connectivity index (χ2v) is 7.48. The lowest BCUT2D eigenvalue weighted by atomic mass is 9.96. The monoisotopic (exact) mass is 454 g/mol. The first-order valence-electron chi connectivity index (χ1n) is 7.95. The standard InChI is InChI=1S/C15H26N4S2.HI/c1-2-16-14(19-13-7-4-3-5-8-13)17-9-6-11-20-15-18-10-12-21-15;/h10,12-13H,2-9,11H2,1H3,(H2,16,17,19);1H. The van der Waals surface area contributed by atoms with E-state index < -0.39 is 0 Å². The minimum atomic E-state index is 0. The molecule has 1 heterocycles. The van der Waals surface area contributed by atoms with Crippen LogP contribution in [0.2, 0.25) is 0 Å². The summed E-state index contributed by atoms with van der Waals surface area (Å²) in [6, 6.07) is 0.612. The van der Waals surface area contributed by atoms with Gasteiger partial charge in [0.15, 0.2) is 5.96 Å². The van der Waals surface area contributed by atoms with Gasteiger partial charge in [0.05, 0.1) is 0 Å². The van der Waals surface area contributed by atoms with Crippen molar-refractivity contribution < 1.29 is 0 Å². The van der Waals surface area contributed by atoms with E-state index in [4.69, 9.17) is 4.99 Å². The van der Waals surface area contributed by atoms with Crippen molar-refractivity contribution in [2.45, 2.75) is 55.8 Å². The van der Waals surface area contributed by atoms with Crippen molar-refractivity contribution in [3.05, 3.63) is 11.6 Å². The van der Waals surface area contributed by atoms with Crippen LogP contribution in [0, 0.1) is 0 Å². The zero-order valence-electron chi connectivity index (χ0n) is 13.2. The van der Waals surface area contributed by atoms with E-state index in [9.17, 15) is 0 Å². The highest BCUT2D eigenvalue weighted by Crippen LogP contribution is 2.20. The van der Waals surface area contributed by atoms with Crippen LogP contribution in [-0.2, 0) is 0 Å². The zero-order valence-corrected chi connectivity index (χ0v) is 17.2. The van der Waals surface area contributed by atoms with Gasteiger partial charge in [-0.15, -0.1) is 35.3 Å². The van der Waals surface area contributed by atoms with Crippen molar-refractivity contribution >= 4 is 53.0 Å². The molecule has 2 rings (SSSR count). The fourth-order valence-electron chi connectivity index (χ4n) is 2.46. The van der Waals surface area contributed by atoms with Crippen molar-refractivity contribution in [3.8, 4) is 0 Å². The highest BCUT2D eigenvalue weighted by atomic mass is 127. The quantitative estimate of drug-likeness (QED) is 0.214. The molecule has 126 valence electrons. The summed E-state index contributed by atoms with van der Waals surface area (Å²) in [4.78, 5) is 8.97. The van der Waals surface area contributed by atoms with E-state index in [-0.39, 0.29) is 24.0 Å². The molecule has 0 amide bonds. The summed E-state index contributed by atoms with van der Waals surface area (Å²) >= 11 is 3.54. The van der Waals surface area contributed by atoms with E-state index in [1.165, 1.54) is 32.1 Å². The third-order valence-electron chi connectivity index (χ3n) is 3.50. The molecule has 0 saturated heterocycles. The lowest BCUT2D eigenvalue weighted by Crippen LogP contribution is -2.44. The normalized spacial score (nSPS) is 16.1. The van der Waals surface area contributed by atoms with Gasteiger partial charge in [0.2, 0.25) is 0 Å². The number of nitrogens with zero attached hydrogens (tertiary/aromatic N) is 2. The number of nitrogens with one attached hydrogen (secondary N) is 2. The second kappa shape index (κ2) is 12.4. The van der Waals surface area contributed by atoms with Crippen LogP contribution in [0.5, 0.6) is 0 Å². The van der Waals surface area contributed by atoms with Crippen molar-refractivity contribution in [1.82, 2.24) is 15.6 Å². The van der Waals surface area contributed by atoms with Gasteiger partial charge in [0.1, 0.15) is 4.34 Å². The van der Waals surface area contributed by atoms with Gasteiger partial charge in [-0.25, -0.2) is 4.98 Å². The molecule has 22 heavy (non-hydrogen) atoms. The Hall–Kier alpha value is -0.0200. The van der Waals surface area contributed by atoms with Gasteiger partial charge in [0.25, 0.3) is 0 Å². The maximum atomic E-state index is 4.69. The molecule has 1 saturated carbocycles. The van der Waals surface area contributed by atoms with E-state index in [1.54, 1.807) is 11.3 Å². The second-order valence-electron chi connectivity index (χ2n) is 5.24. The van der Waals surface area contributed by atoms with Gasteiger partial charge in [-0.3, -0.25) is 4.99 Å². The first-order valence-corrected chi connectivity index (χ1v) is 9.82. The van der Waals surface area contributed by atoms with Crippen LogP contribution in [0.15, 0.2) is 20.9 Å². The molecule has 4 nitrogen and oxygen atoms in total. The smallest absolute Gasteiger partial charge is 0.191 e. The molecule has 1 fully saturated rings. The van der Waals surface area contributed by atoms with Crippen molar-refractivity contribution in [2.75, 3.05) is 18.8 Å². The lowest BCUT2D eigenvalue weighted by Gasteiger charge is -2.24. The van der Waals surface area contributed by atoms with E-state index >= 15 is 0 Å². The van der Waals surface area contributed by atoms with Crippen LogP contribution < -0.4 is 10.6 Å². The Morgan fingerprint density at radius 3 is 2.91 bits per heavy atom. The maximum Gasteiger partial charge on any atom is 0.191 e. The fraction of sp³-hybridized carbons (Fsp3) is 0.733. The van der Waals surface area contributed by atoms with Gasteiger partial charge in [-0.2, -0.15) is 0 Å². The predicted octanol–water partition coefficient (Wildman–Crippen LogP) is 4.13. The molecule has 2 N–H and O–H groups in total. The number of rotatable bonds is 7. The van der Waals surface area contributed by atoms with Gasteiger partial charge in [-0.1, -0.05) is 31.0 Å². The Morgan fingerprint density at radius 2 is 2.23 bits per heavy atom. The minimum Gasteiger partial charge on any atom is -0.357 e. The number of thioether (sulfide) groups is 1. The number of aliphatic imine (C=N–C) groups is 1. The molecule has 0 aliphatic heterocycles. The Bertz CT molecular complexity index is 406. The summed E-state index contributed by atoms with van der Waals surface area (Å²) in [7, 11) is 0. The van der Waals surface area contributed by atoms with Crippen LogP contribution in [0.1, 0.15) is 45.4 Å². The largest absolute Gasteiger partial charge is 0.357 e. The van der Waals surface area contributed by atoms with Crippen molar-refractivity contribution in [2.24, 2.45) is 4.99 Å².